The molecule has 0 bridgehead atoms. The molecule has 1 N–H and O–H groups in total. The number of carbonyl (C=O) groups excluding carboxylic acids is 2. The van der Waals surface area contributed by atoms with Crippen LogP contribution in [0.2, 0.25) is 0 Å². The third-order valence-corrected chi connectivity index (χ3v) is 4.04. The van der Waals surface area contributed by atoms with Crippen LogP contribution in [0.15, 0.2) is 24.3 Å². The Labute approximate surface area is 143 Å². The third-order valence-electron chi connectivity index (χ3n) is 4.04. The highest BCUT2D eigenvalue weighted by Gasteiger charge is 2.25. The lowest BCUT2D eigenvalue weighted by atomic mass is 10.2. The maximum absolute atomic E-state index is 12.2. The van der Waals surface area contributed by atoms with Crippen molar-refractivity contribution in [3.05, 3.63) is 24.3 Å². The van der Waals surface area contributed by atoms with Gasteiger partial charge in [-0.05, 0) is 38.4 Å². The van der Waals surface area contributed by atoms with E-state index in [9.17, 15) is 9.59 Å². The number of ether oxygens (including phenoxy) is 1. The van der Waals surface area contributed by atoms with Gasteiger partial charge in [-0.25, -0.2) is 0 Å². The lowest BCUT2D eigenvalue weighted by Gasteiger charge is -2.35. The van der Waals surface area contributed by atoms with E-state index in [2.05, 4.69) is 10.2 Å². The molecule has 7 heteroatoms. The fourth-order valence-corrected chi connectivity index (χ4v) is 2.57. The summed E-state index contributed by atoms with van der Waals surface area (Å²) in [4.78, 5) is 29.8. The first-order chi connectivity index (χ1) is 11.5. The van der Waals surface area contributed by atoms with E-state index in [1.165, 1.54) is 0 Å². The average Bonchev–Trinajstić information content (AvgIpc) is 2.61. The zero-order chi connectivity index (χ0) is 17.5. The molecule has 0 saturated carbocycles. The Morgan fingerprint density at radius 2 is 1.75 bits per heavy atom. The van der Waals surface area contributed by atoms with Gasteiger partial charge in [-0.1, -0.05) is 0 Å². The summed E-state index contributed by atoms with van der Waals surface area (Å²) in [5, 5.41) is 2.67. The van der Waals surface area contributed by atoms with E-state index in [4.69, 9.17) is 4.74 Å². The number of hydrogen-bond acceptors (Lipinski definition) is 5. The average molecular weight is 334 g/mol. The van der Waals surface area contributed by atoms with Crippen molar-refractivity contribution in [2.45, 2.75) is 0 Å². The molecule has 1 aromatic carbocycles. The van der Waals surface area contributed by atoms with E-state index >= 15 is 0 Å². The number of nitrogens with one attached hydrogen (secondary N) is 1. The van der Waals surface area contributed by atoms with Crippen molar-refractivity contribution in [2.24, 2.45) is 0 Å². The molecule has 1 aliphatic rings. The molecule has 2 amide bonds. The lowest BCUT2D eigenvalue weighted by molar-refractivity contribution is -0.146. The van der Waals surface area contributed by atoms with E-state index in [1.807, 2.05) is 43.3 Å². The topological polar surface area (TPSA) is 65.1 Å². The molecule has 1 heterocycles. The Balaban J connectivity index is 1.80. The molecule has 1 fully saturated rings. The minimum Gasteiger partial charge on any atom is -0.497 e. The molecular formula is C17H26N4O3. The van der Waals surface area contributed by atoms with Crippen LogP contribution in [0, 0.1) is 0 Å². The summed E-state index contributed by atoms with van der Waals surface area (Å²) in [6, 6.07) is 7.85. The van der Waals surface area contributed by atoms with E-state index in [1.54, 1.807) is 12.0 Å². The Morgan fingerprint density at radius 3 is 2.29 bits per heavy atom. The number of carbonyl (C=O) groups is 2. The zero-order valence-corrected chi connectivity index (χ0v) is 14.6. The molecular weight excluding hydrogens is 308 g/mol. The quantitative estimate of drug-likeness (QED) is 0.769. The molecule has 0 aromatic heterocycles. The van der Waals surface area contributed by atoms with Crippen molar-refractivity contribution in [1.29, 1.82) is 0 Å². The number of methoxy groups -OCH3 is 1. The molecule has 2 rings (SSSR count). The maximum atomic E-state index is 12.2. The Morgan fingerprint density at radius 1 is 1.12 bits per heavy atom. The number of benzene rings is 1. The van der Waals surface area contributed by atoms with Gasteiger partial charge in [0.15, 0.2) is 0 Å². The molecule has 1 saturated heterocycles. The summed E-state index contributed by atoms with van der Waals surface area (Å²) in [6.07, 6.45) is 0. The minimum atomic E-state index is -0.519. The molecule has 24 heavy (non-hydrogen) atoms. The highest BCUT2D eigenvalue weighted by Crippen LogP contribution is 2.20. The first-order valence-corrected chi connectivity index (χ1v) is 8.12. The van der Waals surface area contributed by atoms with Crippen LogP contribution in [0.1, 0.15) is 0 Å². The molecule has 0 radical (unpaired) electrons. The van der Waals surface area contributed by atoms with E-state index in [0.29, 0.717) is 39.3 Å². The second-order valence-corrected chi connectivity index (χ2v) is 6.04. The van der Waals surface area contributed by atoms with Gasteiger partial charge in [-0.15, -0.1) is 0 Å². The molecule has 0 unspecified atom stereocenters. The van der Waals surface area contributed by atoms with Gasteiger partial charge in [0.2, 0.25) is 0 Å². The lowest BCUT2D eigenvalue weighted by Crippen LogP contribution is -2.53. The summed E-state index contributed by atoms with van der Waals surface area (Å²) in [6.45, 7) is 3.71. The van der Waals surface area contributed by atoms with Crippen molar-refractivity contribution in [3.8, 4) is 5.75 Å². The molecule has 7 nitrogen and oxygen atoms in total. The summed E-state index contributed by atoms with van der Waals surface area (Å²) in [5.41, 5.74) is 1.10. The van der Waals surface area contributed by atoms with Crippen molar-refractivity contribution >= 4 is 17.5 Å². The summed E-state index contributed by atoms with van der Waals surface area (Å²) in [5.74, 6) is -0.139. The van der Waals surface area contributed by atoms with Crippen LogP contribution in [-0.4, -0.2) is 82.1 Å². The van der Waals surface area contributed by atoms with Gasteiger partial charge in [-0.2, -0.15) is 0 Å². The standard InChI is InChI=1S/C17H26N4O3/c1-19(2)9-8-18-16(22)17(23)21-12-10-20(11-13-21)14-4-6-15(24-3)7-5-14/h4-7H,8-13H2,1-3H3,(H,18,22). The van der Waals surface area contributed by atoms with Crippen molar-refractivity contribution in [2.75, 3.05) is 65.4 Å². The Hall–Kier alpha value is -2.28. The zero-order valence-electron chi connectivity index (χ0n) is 14.6. The van der Waals surface area contributed by atoms with Gasteiger partial charge < -0.3 is 24.8 Å². The van der Waals surface area contributed by atoms with Gasteiger partial charge in [0, 0.05) is 45.0 Å². The molecule has 0 aliphatic carbocycles. The number of nitrogens with zero attached hydrogens (tertiary/aromatic N) is 3. The largest absolute Gasteiger partial charge is 0.497 e. The maximum Gasteiger partial charge on any atom is 0.312 e. The van der Waals surface area contributed by atoms with Gasteiger partial charge >= 0.3 is 11.8 Å². The van der Waals surface area contributed by atoms with Crippen LogP contribution in [0.5, 0.6) is 5.75 Å². The fraction of sp³-hybridized carbons (Fsp3) is 0.529. The predicted molar refractivity (Wildman–Crippen MR) is 93.4 cm³/mol. The van der Waals surface area contributed by atoms with E-state index < -0.39 is 11.8 Å². The number of hydrogen-bond donors (Lipinski definition) is 1. The van der Waals surface area contributed by atoms with Crippen molar-refractivity contribution in [3.63, 3.8) is 0 Å². The van der Waals surface area contributed by atoms with Gasteiger partial charge in [0.1, 0.15) is 5.75 Å². The van der Waals surface area contributed by atoms with Crippen LogP contribution >= 0.6 is 0 Å². The Kier molecular flexibility index (Phi) is 6.43. The SMILES string of the molecule is COc1ccc(N2CCN(C(=O)C(=O)NCCN(C)C)CC2)cc1. The normalized spacial score (nSPS) is 14.7. The van der Waals surface area contributed by atoms with Crippen LogP contribution < -0.4 is 15.0 Å². The van der Waals surface area contributed by atoms with E-state index in [0.717, 1.165) is 11.4 Å². The summed E-state index contributed by atoms with van der Waals surface area (Å²) in [7, 11) is 5.49. The number of likely N-dealkylation sites (N-methyl/N-ethyl adjacent to an activating group) is 1. The fourth-order valence-electron chi connectivity index (χ4n) is 2.57. The summed E-state index contributed by atoms with van der Waals surface area (Å²) < 4.78 is 5.16. The first-order valence-electron chi connectivity index (χ1n) is 8.12. The highest BCUT2D eigenvalue weighted by molar-refractivity contribution is 6.35. The predicted octanol–water partition coefficient (Wildman–Crippen LogP) is 0.0216. The number of amides is 2. The van der Waals surface area contributed by atoms with Crippen LogP contribution in [0.3, 0.4) is 0 Å². The van der Waals surface area contributed by atoms with E-state index in [-0.39, 0.29) is 0 Å². The van der Waals surface area contributed by atoms with Crippen LogP contribution in [-0.2, 0) is 9.59 Å². The third kappa shape index (κ3) is 4.86. The number of anilines is 1. The number of rotatable bonds is 5. The second-order valence-electron chi connectivity index (χ2n) is 6.04. The van der Waals surface area contributed by atoms with Crippen molar-refractivity contribution in [1.82, 2.24) is 15.1 Å². The van der Waals surface area contributed by atoms with Crippen LogP contribution in [0.25, 0.3) is 0 Å². The molecule has 1 aliphatic heterocycles. The first kappa shape index (κ1) is 18.1. The van der Waals surface area contributed by atoms with Crippen LogP contribution in [0.4, 0.5) is 5.69 Å². The van der Waals surface area contributed by atoms with Gasteiger partial charge in [0.25, 0.3) is 0 Å². The van der Waals surface area contributed by atoms with Gasteiger partial charge in [0.05, 0.1) is 7.11 Å². The monoisotopic (exact) mass is 334 g/mol. The summed E-state index contributed by atoms with van der Waals surface area (Å²) >= 11 is 0. The Bertz CT molecular complexity index is 551. The number of piperazine rings is 1. The smallest absolute Gasteiger partial charge is 0.312 e. The molecule has 0 atom stereocenters. The highest BCUT2D eigenvalue weighted by atomic mass is 16.5. The van der Waals surface area contributed by atoms with Gasteiger partial charge in [-0.3, -0.25) is 9.59 Å². The minimum absolute atomic E-state index is 0.442. The van der Waals surface area contributed by atoms with Crippen molar-refractivity contribution < 1.29 is 14.3 Å². The molecule has 1 aromatic rings. The second kappa shape index (κ2) is 8.54. The molecule has 132 valence electrons. The molecule has 0 spiro atoms.